The Morgan fingerprint density at radius 3 is 2.81 bits per heavy atom. The Labute approximate surface area is 175 Å². The van der Waals surface area contributed by atoms with Gasteiger partial charge in [-0.3, -0.25) is 4.99 Å². The first kappa shape index (κ1) is 22.8. The molecule has 1 unspecified atom stereocenters. The van der Waals surface area contributed by atoms with Crippen LogP contribution < -0.4 is 5.32 Å². The van der Waals surface area contributed by atoms with Crippen LogP contribution in [0.15, 0.2) is 28.6 Å². The molecule has 0 saturated heterocycles. The number of ether oxygens (including phenoxy) is 1. The van der Waals surface area contributed by atoms with Crippen LogP contribution in [-0.2, 0) is 17.8 Å². The normalized spacial score (nSPS) is 12.5. The van der Waals surface area contributed by atoms with Gasteiger partial charge >= 0.3 is 0 Å². The number of rotatable bonds is 6. The number of aromatic nitrogens is 1. The van der Waals surface area contributed by atoms with E-state index in [1.54, 1.807) is 38.5 Å². The zero-order valence-electron chi connectivity index (χ0n) is 15.7. The van der Waals surface area contributed by atoms with E-state index in [-0.39, 0.29) is 35.9 Å². The zero-order chi connectivity index (χ0) is 18.4. The molecule has 1 heterocycles. The van der Waals surface area contributed by atoms with Gasteiger partial charge in [0.15, 0.2) is 5.96 Å². The van der Waals surface area contributed by atoms with Crippen LogP contribution in [0.1, 0.15) is 34.9 Å². The van der Waals surface area contributed by atoms with Gasteiger partial charge in [0.05, 0.1) is 12.2 Å². The van der Waals surface area contributed by atoms with Crippen LogP contribution in [0.4, 0.5) is 4.39 Å². The van der Waals surface area contributed by atoms with E-state index in [2.05, 4.69) is 15.3 Å². The van der Waals surface area contributed by atoms with E-state index in [1.165, 1.54) is 6.07 Å². The summed E-state index contributed by atoms with van der Waals surface area (Å²) in [7, 11) is 5.39. The molecule has 1 aromatic carbocycles. The van der Waals surface area contributed by atoms with E-state index in [0.717, 1.165) is 22.2 Å². The van der Waals surface area contributed by atoms with Gasteiger partial charge in [-0.15, -0.1) is 35.3 Å². The molecule has 144 valence electrons. The molecule has 0 aliphatic carbocycles. The van der Waals surface area contributed by atoms with Gasteiger partial charge in [0.25, 0.3) is 0 Å². The van der Waals surface area contributed by atoms with Crippen LogP contribution in [0, 0.1) is 12.7 Å². The maximum Gasteiger partial charge on any atom is 0.194 e. The minimum atomic E-state index is -0.185. The third-order valence-corrected chi connectivity index (χ3v) is 4.97. The molecule has 8 heteroatoms. The number of aliphatic imine (C=N–C) groups is 1. The van der Waals surface area contributed by atoms with Crippen LogP contribution >= 0.6 is 35.3 Å². The summed E-state index contributed by atoms with van der Waals surface area (Å²) >= 11 is 1.60. The summed E-state index contributed by atoms with van der Waals surface area (Å²) in [5, 5.41) is 6.31. The first-order chi connectivity index (χ1) is 11.9. The van der Waals surface area contributed by atoms with Crippen molar-refractivity contribution in [2.45, 2.75) is 33.0 Å². The summed E-state index contributed by atoms with van der Waals surface area (Å²) in [6, 6.07) is 5.11. The minimum Gasteiger partial charge on any atom is -0.375 e. The highest BCUT2D eigenvalue weighted by Crippen LogP contribution is 2.21. The van der Waals surface area contributed by atoms with Crippen molar-refractivity contribution in [2.75, 3.05) is 21.2 Å². The van der Waals surface area contributed by atoms with Gasteiger partial charge in [0.2, 0.25) is 0 Å². The molecule has 1 N–H and O–H groups in total. The maximum atomic E-state index is 13.4. The third kappa shape index (κ3) is 6.17. The SMILES string of the molecule is CN=C(NCc1ccc(F)c(C)c1)N(C)Cc1csc(C(C)OC)n1.I. The number of hydrogen-bond acceptors (Lipinski definition) is 4. The average Bonchev–Trinajstić information content (AvgIpc) is 3.06. The largest absolute Gasteiger partial charge is 0.375 e. The Hall–Kier alpha value is -1.26. The summed E-state index contributed by atoms with van der Waals surface area (Å²) in [5.74, 6) is 0.575. The molecule has 2 aromatic rings. The number of hydrogen-bond donors (Lipinski definition) is 1. The van der Waals surface area contributed by atoms with E-state index < -0.39 is 0 Å². The van der Waals surface area contributed by atoms with Gasteiger partial charge in [-0.05, 0) is 31.0 Å². The molecule has 0 aliphatic heterocycles. The van der Waals surface area contributed by atoms with Gasteiger partial charge in [0, 0.05) is 33.1 Å². The van der Waals surface area contributed by atoms with Crippen LogP contribution in [0.3, 0.4) is 0 Å². The highest BCUT2D eigenvalue weighted by atomic mass is 127. The van der Waals surface area contributed by atoms with Crippen LogP contribution in [0.5, 0.6) is 0 Å². The van der Waals surface area contributed by atoms with Gasteiger partial charge in [-0.1, -0.05) is 12.1 Å². The molecule has 5 nitrogen and oxygen atoms in total. The Kier molecular flexibility index (Phi) is 9.45. The van der Waals surface area contributed by atoms with E-state index in [9.17, 15) is 4.39 Å². The fraction of sp³-hybridized carbons (Fsp3) is 0.444. The highest BCUT2D eigenvalue weighted by Gasteiger charge is 2.12. The lowest BCUT2D eigenvalue weighted by atomic mass is 10.1. The summed E-state index contributed by atoms with van der Waals surface area (Å²) < 4.78 is 18.7. The molecular formula is C18H26FIN4OS. The Bertz CT molecular complexity index is 738. The third-order valence-electron chi connectivity index (χ3n) is 3.92. The first-order valence-corrected chi connectivity index (χ1v) is 8.96. The topological polar surface area (TPSA) is 49.8 Å². The lowest BCUT2D eigenvalue weighted by molar-refractivity contribution is 0.119. The van der Waals surface area contributed by atoms with E-state index in [4.69, 9.17) is 4.74 Å². The van der Waals surface area contributed by atoms with E-state index >= 15 is 0 Å². The molecule has 1 aromatic heterocycles. The van der Waals surface area contributed by atoms with Crippen LogP contribution in [0.25, 0.3) is 0 Å². The number of aryl methyl sites for hydroxylation is 1. The van der Waals surface area contributed by atoms with Crippen molar-refractivity contribution >= 4 is 41.3 Å². The Morgan fingerprint density at radius 2 is 2.19 bits per heavy atom. The second kappa shape index (κ2) is 10.8. The molecule has 0 saturated carbocycles. The molecule has 0 aliphatic rings. The summed E-state index contributed by atoms with van der Waals surface area (Å²) in [6.07, 6.45) is 0.00297. The second-order valence-electron chi connectivity index (χ2n) is 5.90. The standard InChI is InChI=1S/C18H25FN4OS.HI/c1-12-8-14(6-7-16(12)19)9-21-18(20-3)23(4)10-15-11-25-17(22-15)13(2)24-5;/h6-8,11,13H,9-10H2,1-5H3,(H,20,21);1H. The molecular weight excluding hydrogens is 466 g/mol. The number of guanidine groups is 1. The minimum absolute atomic E-state index is 0. The van der Waals surface area contributed by atoms with Crippen LogP contribution in [0.2, 0.25) is 0 Å². The van der Waals surface area contributed by atoms with E-state index in [0.29, 0.717) is 18.7 Å². The number of nitrogens with one attached hydrogen (secondary N) is 1. The van der Waals surface area contributed by atoms with Crippen molar-refractivity contribution in [1.29, 1.82) is 0 Å². The van der Waals surface area contributed by atoms with Crippen molar-refractivity contribution in [3.05, 3.63) is 51.2 Å². The monoisotopic (exact) mass is 492 g/mol. The molecule has 1 atom stereocenters. The Morgan fingerprint density at radius 1 is 1.46 bits per heavy atom. The number of benzene rings is 1. The smallest absolute Gasteiger partial charge is 0.194 e. The molecule has 26 heavy (non-hydrogen) atoms. The van der Waals surface area contributed by atoms with Crippen molar-refractivity contribution in [3.8, 4) is 0 Å². The van der Waals surface area contributed by atoms with E-state index in [1.807, 2.05) is 30.3 Å². The predicted octanol–water partition coefficient (Wildman–Crippen LogP) is 4.12. The number of thiazole rings is 1. The van der Waals surface area contributed by atoms with Gasteiger partial charge in [-0.25, -0.2) is 9.37 Å². The van der Waals surface area contributed by atoms with Gasteiger partial charge < -0.3 is 15.0 Å². The fourth-order valence-corrected chi connectivity index (χ4v) is 3.23. The number of methoxy groups -OCH3 is 1. The van der Waals surface area contributed by atoms with Gasteiger partial charge in [0.1, 0.15) is 16.9 Å². The molecule has 0 amide bonds. The van der Waals surface area contributed by atoms with Crippen molar-refractivity contribution in [1.82, 2.24) is 15.2 Å². The van der Waals surface area contributed by atoms with Crippen LogP contribution in [-0.4, -0.2) is 37.0 Å². The Balaban J connectivity index is 0.00000338. The molecule has 0 fully saturated rings. The summed E-state index contributed by atoms with van der Waals surface area (Å²) in [6.45, 7) is 4.98. The summed E-state index contributed by atoms with van der Waals surface area (Å²) in [5.41, 5.74) is 2.63. The lowest BCUT2D eigenvalue weighted by Crippen LogP contribution is -2.38. The highest BCUT2D eigenvalue weighted by molar-refractivity contribution is 14.0. The van der Waals surface area contributed by atoms with Crippen molar-refractivity contribution in [2.24, 2.45) is 4.99 Å². The quantitative estimate of drug-likeness (QED) is 0.375. The molecule has 2 rings (SSSR count). The lowest BCUT2D eigenvalue weighted by Gasteiger charge is -2.21. The molecule has 0 bridgehead atoms. The maximum absolute atomic E-state index is 13.4. The zero-order valence-corrected chi connectivity index (χ0v) is 18.9. The van der Waals surface area contributed by atoms with Crippen molar-refractivity contribution in [3.63, 3.8) is 0 Å². The van der Waals surface area contributed by atoms with Crippen molar-refractivity contribution < 1.29 is 9.13 Å². The number of nitrogens with zero attached hydrogens (tertiary/aromatic N) is 3. The van der Waals surface area contributed by atoms with Gasteiger partial charge in [-0.2, -0.15) is 0 Å². The molecule has 0 radical (unpaired) electrons. The average molecular weight is 492 g/mol. The second-order valence-corrected chi connectivity index (χ2v) is 6.79. The molecule has 0 spiro atoms. The number of halogens is 2. The first-order valence-electron chi connectivity index (χ1n) is 8.08. The predicted molar refractivity (Wildman–Crippen MR) is 116 cm³/mol. The summed E-state index contributed by atoms with van der Waals surface area (Å²) in [4.78, 5) is 10.9. The fourth-order valence-electron chi connectivity index (χ4n) is 2.38.